The number of nitrogens with zero attached hydrogens (tertiary/aromatic N) is 2. The van der Waals surface area contributed by atoms with Crippen LogP contribution in [0.1, 0.15) is 17.3 Å². The smallest absolute Gasteiger partial charge is 0.161 e. The van der Waals surface area contributed by atoms with Gasteiger partial charge in [-0.15, -0.1) is 0 Å². The summed E-state index contributed by atoms with van der Waals surface area (Å²) < 4.78 is 0. The molecular formula is C11H15N3O. The summed E-state index contributed by atoms with van der Waals surface area (Å²) in [6, 6.07) is 1.79. The molecule has 0 bridgehead atoms. The molecule has 0 aliphatic carbocycles. The second kappa shape index (κ2) is 4.40. The predicted octanol–water partition coefficient (Wildman–Crippen LogP) is 0.694. The zero-order valence-electron chi connectivity index (χ0n) is 8.86. The van der Waals surface area contributed by atoms with Crippen molar-refractivity contribution in [2.45, 2.75) is 6.92 Å². The SMILES string of the molecule is CC(=O)c1ccncc1N1CCNCC1. The number of carbonyl (C=O) groups excluding carboxylic acids is 1. The van der Waals surface area contributed by atoms with E-state index in [-0.39, 0.29) is 5.78 Å². The Bertz CT molecular complexity index is 359. The number of ketones is 1. The monoisotopic (exact) mass is 205 g/mol. The lowest BCUT2D eigenvalue weighted by Gasteiger charge is -2.30. The van der Waals surface area contributed by atoms with Crippen LogP contribution in [0.3, 0.4) is 0 Å². The van der Waals surface area contributed by atoms with Crippen molar-refractivity contribution in [3.05, 3.63) is 24.0 Å². The van der Waals surface area contributed by atoms with Crippen LogP contribution in [0.15, 0.2) is 18.5 Å². The van der Waals surface area contributed by atoms with Crippen LogP contribution in [0.2, 0.25) is 0 Å². The van der Waals surface area contributed by atoms with E-state index in [1.54, 1.807) is 25.4 Å². The van der Waals surface area contributed by atoms with Gasteiger partial charge in [0.25, 0.3) is 0 Å². The molecule has 15 heavy (non-hydrogen) atoms. The molecule has 4 nitrogen and oxygen atoms in total. The van der Waals surface area contributed by atoms with Gasteiger partial charge in [-0.25, -0.2) is 0 Å². The zero-order chi connectivity index (χ0) is 10.7. The molecule has 4 heteroatoms. The lowest BCUT2D eigenvalue weighted by molar-refractivity contribution is 0.101. The summed E-state index contributed by atoms with van der Waals surface area (Å²) in [6.07, 6.45) is 3.45. The van der Waals surface area contributed by atoms with Crippen molar-refractivity contribution in [1.29, 1.82) is 0 Å². The van der Waals surface area contributed by atoms with Crippen LogP contribution in [0.5, 0.6) is 0 Å². The molecule has 1 aromatic rings. The quantitative estimate of drug-likeness (QED) is 0.722. The first-order chi connectivity index (χ1) is 7.29. The molecule has 0 amide bonds. The second-order valence-electron chi connectivity index (χ2n) is 3.69. The minimum absolute atomic E-state index is 0.103. The van der Waals surface area contributed by atoms with Crippen molar-refractivity contribution < 1.29 is 4.79 Å². The minimum Gasteiger partial charge on any atom is -0.367 e. The number of hydrogen-bond acceptors (Lipinski definition) is 4. The van der Waals surface area contributed by atoms with Crippen LogP contribution < -0.4 is 10.2 Å². The van der Waals surface area contributed by atoms with E-state index >= 15 is 0 Å². The van der Waals surface area contributed by atoms with E-state index in [0.29, 0.717) is 0 Å². The Hall–Kier alpha value is -1.42. The van der Waals surface area contributed by atoms with Crippen molar-refractivity contribution in [3.8, 4) is 0 Å². The Balaban J connectivity index is 2.29. The molecule has 1 aliphatic rings. The standard InChI is InChI=1S/C11H15N3O/c1-9(15)10-2-3-13-8-11(10)14-6-4-12-5-7-14/h2-3,8,12H,4-7H2,1H3. The number of piperazine rings is 1. The molecule has 1 N–H and O–H groups in total. The lowest BCUT2D eigenvalue weighted by atomic mass is 10.1. The average Bonchev–Trinajstić information content (AvgIpc) is 2.30. The van der Waals surface area contributed by atoms with E-state index in [2.05, 4.69) is 15.2 Å². The molecule has 2 heterocycles. The van der Waals surface area contributed by atoms with Gasteiger partial charge in [0.05, 0.1) is 11.9 Å². The molecule has 0 atom stereocenters. The van der Waals surface area contributed by atoms with Gasteiger partial charge in [0.15, 0.2) is 5.78 Å². The van der Waals surface area contributed by atoms with Gasteiger partial charge in [0.1, 0.15) is 0 Å². The van der Waals surface area contributed by atoms with Crippen LogP contribution >= 0.6 is 0 Å². The maximum Gasteiger partial charge on any atom is 0.161 e. The highest BCUT2D eigenvalue weighted by molar-refractivity contribution is 5.99. The fraction of sp³-hybridized carbons (Fsp3) is 0.455. The van der Waals surface area contributed by atoms with Gasteiger partial charge in [0.2, 0.25) is 0 Å². The maximum atomic E-state index is 11.4. The highest BCUT2D eigenvalue weighted by Crippen LogP contribution is 2.19. The van der Waals surface area contributed by atoms with Crippen molar-refractivity contribution >= 4 is 11.5 Å². The number of aromatic nitrogens is 1. The van der Waals surface area contributed by atoms with Crippen LogP contribution in [0.4, 0.5) is 5.69 Å². The Kier molecular flexibility index (Phi) is 2.97. The molecule has 1 aromatic heterocycles. The third-order valence-corrected chi connectivity index (χ3v) is 2.64. The second-order valence-corrected chi connectivity index (χ2v) is 3.69. The summed E-state index contributed by atoms with van der Waals surface area (Å²) in [5, 5.41) is 3.29. The predicted molar refractivity (Wildman–Crippen MR) is 59.3 cm³/mol. The lowest BCUT2D eigenvalue weighted by Crippen LogP contribution is -2.44. The number of hydrogen-bond donors (Lipinski definition) is 1. The van der Waals surface area contributed by atoms with E-state index in [4.69, 9.17) is 0 Å². The fourth-order valence-electron chi connectivity index (χ4n) is 1.84. The Labute approximate surface area is 89.3 Å². The molecule has 1 fully saturated rings. The van der Waals surface area contributed by atoms with E-state index < -0.39 is 0 Å². The van der Waals surface area contributed by atoms with Gasteiger partial charge >= 0.3 is 0 Å². The Morgan fingerprint density at radius 3 is 2.87 bits per heavy atom. The number of anilines is 1. The molecule has 0 saturated carbocycles. The van der Waals surface area contributed by atoms with Crippen molar-refractivity contribution in [2.24, 2.45) is 0 Å². The molecule has 0 unspecified atom stereocenters. The molecule has 0 spiro atoms. The number of Topliss-reactive ketones (excluding diaryl/α,β-unsaturated/α-hetero) is 1. The molecule has 1 aliphatic heterocycles. The molecule has 80 valence electrons. The summed E-state index contributed by atoms with van der Waals surface area (Å²) in [4.78, 5) is 17.7. The van der Waals surface area contributed by atoms with Gasteiger partial charge in [-0.3, -0.25) is 9.78 Å². The largest absolute Gasteiger partial charge is 0.367 e. The maximum absolute atomic E-state index is 11.4. The number of pyridine rings is 1. The molecule has 0 radical (unpaired) electrons. The van der Waals surface area contributed by atoms with Gasteiger partial charge in [-0.05, 0) is 13.0 Å². The van der Waals surface area contributed by atoms with Crippen molar-refractivity contribution in [2.75, 3.05) is 31.1 Å². The van der Waals surface area contributed by atoms with Gasteiger partial charge in [0, 0.05) is 37.9 Å². The van der Waals surface area contributed by atoms with Crippen LogP contribution in [0, 0.1) is 0 Å². The van der Waals surface area contributed by atoms with Gasteiger partial charge < -0.3 is 10.2 Å². The zero-order valence-corrected chi connectivity index (χ0v) is 8.86. The Morgan fingerprint density at radius 2 is 2.20 bits per heavy atom. The fourth-order valence-corrected chi connectivity index (χ4v) is 1.84. The van der Waals surface area contributed by atoms with Crippen LogP contribution in [0.25, 0.3) is 0 Å². The van der Waals surface area contributed by atoms with Crippen molar-refractivity contribution in [1.82, 2.24) is 10.3 Å². The normalized spacial score (nSPS) is 16.5. The number of rotatable bonds is 2. The first-order valence-electron chi connectivity index (χ1n) is 5.19. The average molecular weight is 205 g/mol. The molecule has 1 saturated heterocycles. The summed E-state index contributed by atoms with van der Waals surface area (Å²) in [5.74, 6) is 0.103. The van der Waals surface area contributed by atoms with Crippen LogP contribution in [-0.2, 0) is 0 Å². The molecule has 2 rings (SSSR count). The molecular weight excluding hydrogens is 190 g/mol. The van der Waals surface area contributed by atoms with Crippen molar-refractivity contribution in [3.63, 3.8) is 0 Å². The first-order valence-corrected chi connectivity index (χ1v) is 5.19. The molecule has 0 aromatic carbocycles. The van der Waals surface area contributed by atoms with Crippen LogP contribution in [-0.4, -0.2) is 36.9 Å². The van der Waals surface area contributed by atoms with E-state index in [1.807, 2.05) is 0 Å². The summed E-state index contributed by atoms with van der Waals surface area (Å²) in [6.45, 7) is 5.40. The van der Waals surface area contributed by atoms with Gasteiger partial charge in [-0.1, -0.05) is 0 Å². The highest BCUT2D eigenvalue weighted by Gasteiger charge is 2.15. The summed E-state index contributed by atoms with van der Waals surface area (Å²) in [7, 11) is 0. The minimum atomic E-state index is 0.103. The number of carbonyl (C=O) groups is 1. The van der Waals surface area contributed by atoms with E-state index in [1.165, 1.54) is 0 Å². The first kappa shape index (κ1) is 10.1. The Morgan fingerprint density at radius 1 is 1.47 bits per heavy atom. The summed E-state index contributed by atoms with van der Waals surface area (Å²) >= 11 is 0. The summed E-state index contributed by atoms with van der Waals surface area (Å²) in [5.41, 5.74) is 1.73. The topological polar surface area (TPSA) is 45.2 Å². The van der Waals surface area contributed by atoms with Gasteiger partial charge in [-0.2, -0.15) is 0 Å². The highest BCUT2D eigenvalue weighted by atomic mass is 16.1. The third-order valence-electron chi connectivity index (χ3n) is 2.64. The van der Waals surface area contributed by atoms with E-state index in [0.717, 1.165) is 37.4 Å². The third kappa shape index (κ3) is 2.15. The van der Waals surface area contributed by atoms with E-state index in [9.17, 15) is 4.79 Å². The number of nitrogens with one attached hydrogen (secondary N) is 1.